The fraction of sp³-hybridized carbons (Fsp3) is 0.611. The van der Waals surface area contributed by atoms with E-state index in [1.807, 2.05) is 12.1 Å². The van der Waals surface area contributed by atoms with Crippen molar-refractivity contribution in [2.75, 3.05) is 12.4 Å². The van der Waals surface area contributed by atoms with E-state index in [4.69, 9.17) is 4.74 Å². The number of anilines is 1. The van der Waals surface area contributed by atoms with Crippen molar-refractivity contribution in [2.45, 2.75) is 57.9 Å². The molecule has 1 aliphatic rings. The molecule has 0 bridgehead atoms. The lowest BCUT2D eigenvalue weighted by atomic mass is 9.75. The maximum atomic E-state index is 12.4. The Morgan fingerprint density at radius 2 is 2.10 bits per heavy atom. The van der Waals surface area contributed by atoms with Crippen LogP contribution in [0.15, 0.2) is 24.3 Å². The number of aryl methyl sites for hydroxylation is 1. The minimum atomic E-state index is -0.549. The Morgan fingerprint density at radius 1 is 1.38 bits per heavy atom. The molecule has 0 aliphatic heterocycles. The third-order valence-corrected chi connectivity index (χ3v) is 4.63. The van der Waals surface area contributed by atoms with E-state index in [2.05, 4.69) is 31.3 Å². The maximum absolute atomic E-state index is 12.4. The number of esters is 1. The van der Waals surface area contributed by atoms with Crippen LogP contribution in [0.2, 0.25) is 0 Å². The van der Waals surface area contributed by atoms with Crippen LogP contribution in [-0.2, 0) is 9.53 Å². The number of carbonyl (C=O) groups excluding carboxylic acids is 1. The van der Waals surface area contributed by atoms with Crippen molar-refractivity contribution in [1.82, 2.24) is 0 Å². The van der Waals surface area contributed by atoms with Crippen LogP contribution in [0, 0.1) is 12.8 Å². The number of ether oxygens (including phenoxy) is 1. The van der Waals surface area contributed by atoms with Gasteiger partial charge in [-0.15, -0.1) is 0 Å². The third-order valence-electron chi connectivity index (χ3n) is 4.63. The number of nitrogens with one attached hydrogen (secondary N) is 1. The molecule has 116 valence electrons. The average molecular weight is 289 g/mol. The van der Waals surface area contributed by atoms with Gasteiger partial charge in [-0.1, -0.05) is 31.9 Å². The smallest absolute Gasteiger partial charge is 0.331 e. The summed E-state index contributed by atoms with van der Waals surface area (Å²) in [5.41, 5.74) is 1.65. The van der Waals surface area contributed by atoms with Gasteiger partial charge in [0.25, 0.3) is 0 Å². The van der Waals surface area contributed by atoms with Gasteiger partial charge in [-0.05, 0) is 56.2 Å². The highest BCUT2D eigenvalue weighted by Crippen LogP contribution is 2.37. The maximum Gasteiger partial charge on any atom is 0.331 e. The molecule has 0 unspecified atom stereocenters. The molecule has 0 radical (unpaired) electrons. The van der Waals surface area contributed by atoms with Crippen LogP contribution in [0.5, 0.6) is 0 Å². The molecule has 21 heavy (non-hydrogen) atoms. The van der Waals surface area contributed by atoms with Gasteiger partial charge in [0.15, 0.2) is 0 Å². The van der Waals surface area contributed by atoms with Crippen LogP contribution in [0.25, 0.3) is 0 Å². The van der Waals surface area contributed by atoms with Gasteiger partial charge in [-0.2, -0.15) is 0 Å². The summed E-state index contributed by atoms with van der Waals surface area (Å²) in [6, 6.07) is 8.19. The predicted octanol–water partition coefficient (Wildman–Crippen LogP) is 4.31. The monoisotopic (exact) mass is 289 g/mol. The fourth-order valence-electron chi connectivity index (χ4n) is 3.44. The van der Waals surface area contributed by atoms with Crippen molar-refractivity contribution < 1.29 is 9.53 Å². The molecule has 0 spiro atoms. The molecule has 1 aromatic carbocycles. The Balaban J connectivity index is 2.14. The zero-order valence-electron chi connectivity index (χ0n) is 13.4. The molecule has 3 nitrogen and oxygen atoms in total. The highest BCUT2D eigenvalue weighted by atomic mass is 16.5. The highest BCUT2D eigenvalue weighted by molar-refractivity contribution is 5.84. The molecule has 0 heterocycles. The second-order valence-electron chi connectivity index (χ2n) is 6.30. The minimum absolute atomic E-state index is 0.126. The first-order chi connectivity index (χ1) is 10.1. The summed E-state index contributed by atoms with van der Waals surface area (Å²) in [4.78, 5) is 12.4. The molecular weight excluding hydrogens is 262 g/mol. The Kier molecular flexibility index (Phi) is 5.27. The lowest BCUT2D eigenvalue weighted by Crippen LogP contribution is -2.49. The van der Waals surface area contributed by atoms with Crippen LogP contribution >= 0.6 is 0 Å². The molecule has 0 amide bonds. The normalized spacial score (nSPS) is 25.4. The van der Waals surface area contributed by atoms with Crippen LogP contribution in [0.1, 0.15) is 51.0 Å². The van der Waals surface area contributed by atoms with E-state index < -0.39 is 5.54 Å². The molecule has 0 atom stereocenters. The van der Waals surface area contributed by atoms with Gasteiger partial charge in [0, 0.05) is 5.69 Å². The Morgan fingerprint density at radius 3 is 2.67 bits per heavy atom. The number of rotatable bonds is 5. The molecule has 0 aromatic heterocycles. The first kappa shape index (κ1) is 15.9. The van der Waals surface area contributed by atoms with Gasteiger partial charge in [0.1, 0.15) is 5.54 Å². The van der Waals surface area contributed by atoms with Gasteiger partial charge in [-0.25, -0.2) is 4.79 Å². The SMILES string of the molecule is CCCC1CCC(Nc2cccc(C)c2)(C(=O)OC)CC1. The topological polar surface area (TPSA) is 38.3 Å². The first-order valence-corrected chi connectivity index (χ1v) is 8.03. The Hall–Kier alpha value is -1.51. The van der Waals surface area contributed by atoms with Crippen molar-refractivity contribution in [1.29, 1.82) is 0 Å². The van der Waals surface area contributed by atoms with Crippen molar-refractivity contribution in [3.8, 4) is 0 Å². The lowest BCUT2D eigenvalue weighted by Gasteiger charge is -2.39. The zero-order chi connectivity index (χ0) is 15.3. The summed E-state index contributed by atoms with van der Waals surface area (Å²) in [6.45, 7) is 4.29. The van der Waals surface area contributed by atoms with Gasteiger partial charge in [0.2, 0.25) is 0 Å². The van der Waals surface area contributed by atoms with Crippen molar-refractivity contribution in [3.63, 3.8) is 0 Å². The largest absolute Gasteiger partial charge is 0.467 e. The number of benzene rings is 1. The van der Waals surface area contributed by atoms with Gasteiger partial charge in [-0.3, -0.25) is 0 Å². The average Bonchev–Trinajstić information content (AvgIpc) is 2.49. The molecular formula is C18H27NO2. The quantitative estimate of drug-likeness (QED) is 0.821. The van der Waals surface area contributed by atoms with Crippen LogP contribution in [0.4, 0.5) is 5.69 Å². The van der Waals surface area contributed by atoms with Crippen LogP contribution < -0.4 is 5.32 Å². The molecule has 2 rings (SSSR count). The third kappa shape index (κ3) is 3.78. The summed E-state index contributed by atoms with van der Waals surface area (Å²) in [5.74, 6) is 0.631. The molecule has 1 saturated carbocycles. The second kappa shape index (κ2) is 6.97. The van der Waals surface area contributed by atoms with E-state index >= 15 is 0 Å². The van der Waals surface area contributed by atoms with Crippen LogP contribution in [-0.4, -0.2) is 18.6 Å². The second-order valence-corrected chi connectivity index (χ2v) is 6.30. The Labute approximate surface area is 128 Å². The van der Waals surface area contributed by atoms with Gasteiger partial charge in [0.05, 0.1) is 7.11 Å². The van der Waals surface area contributed by atoms with E-state index in [1.165, 1.54) is 25.5 Å². The summed E-state index contributed by atoms with van der Waals surface area (Å²) >= 11 is 0. The highest BCUT2D eigenvalue weighted by Gasteiger charge is 2.42. The molecule has 1 N–H and O–H groups in total. The predicted molar refractivity (Wildman–Crippen MR) is 86.4 cm³/mol. The lowest BCUT2D eigenvalue weighted by molar-refractivity contribution is -0.147. The number of hydrogen-bond acceptors (Lipinski definition) is 3. The molecule has 1 aliphatic carbocycles. The van der Waals surface area contributed by atoms with Gasteiger partial charge < -0.3 is 10.1 Å². The number of hydrogen-bond donors (Lipinski definition) is 1. The fourth-order valence-corrected chi connectivity index (χ4v) is 3.44. The van der Waals surface area contributed by atoms with E-state index in [0.29, 0.717) is 0 Å². The number of carbonyl (C=O) groups is 1. The van der Waals surface area contributed by atoms with E-state index in [0.717, 1.165) is 37.3 Å². The molecule has 3 heteroatoms. The first-order valence-electron chi connectivity index (χ1n) is 8.03. The van der Waals surface area contributed by atoms with Crippen molar-refractivity contribution in [2.24, 2.45) is 5.92 Å². The molecule has 1 aromatic rings. The van der Waals surface area contributed by atoms with Crippen molar-refractivity contribution in [3.05, 3.63) is 29.8 Å². The van der Waals surface area contributed by atoms with E-state index in [9.17, 15) is 4.79 Å². The number of methoxy groups -OCH3 is 1. The van der Waals surface area contributed by atoms with Crippen LogP contribution in [0.3, 0.4) is 0 Å². The molecule has 0 saturated heterocycles. The summed E-state index contributed by atoms with van der Waals surface area (Å²) in [5, 5.41) is 3.47. The van der Waals surface area contributed by atoms with Crippen molar-refractivity contribution >= 4 is 11.7 Å². The van der Waals surface area contributed by atoms with E-state index in [-0.39, 0.29) is 5.97 Å². The summed E-state index contributed by atoms with van der Waals surface area (Å²) < 4.78 is 5.09. The Bertz CT molecular complexity index is 476. The summed E-state index contributed by atoms with van der Waals surface area (Å²) in [6.07, 6.45) is 6.41. The zero-order valence-corrected chi connectivity index (χ0v) is 13.4. The standard InChI is InChI=1S/C18H27NO2/c1-4-6-15-9-11-18(12-10-15,17(20)21-3)19-16-8-5-7-14(2)13-16/h5,7-8,13,15,19H,4,6,9-12H2,1-3H3. The van der Waals surface area contributed by atoms with E-state index in [1.54, 1.807) is 0 Å². The summed E-state index contributed by atoms with van der Waals surface area (Å²) in [7, 11) is 1.49. The van der Waals surface area contributed by atoms with Gasteiger partial charge >= 0.3 is 5.97 Å². The minimum Gasteiger partial charge on any atom is -0.467 e. The molecule has 1 fully saturated rings.